The Morgan fingerprint density at radius 2 is 1.71 bits per heavy atom. The highest BCUT2D eigenvalue weighted by Gasteiger charge is 2.34. The van der Waals surface area contributed by atoms with Gasteiger partial charge in [-0.05, 0) is 30.3 Å². The van der Waals surface area contributed by atoms with Gasteiger partial charge in [-0.3, -0.25) is 0 Å². The van der Waals surface area contributed by atoms with Gasteiger partial charge in [0.1, 0.15) is 33.9 Å². The van der Waals surface area contributed by atoms with Crippen LogP contribution in [0.4, 0.5) is 4.39 Å². The maximum atomic E-state index is 14.7. The minimum Gasteiger partial charge on any atom is -0.440 e. The number of ether oxygens (including phenoxy) is 1. The second kappa shape index (κ2) is 9.17. The van der Waals surface area contributed by atoms with Crippen molar-refractivity contribution in [2.24, 2.45) is 5.73 Å². The van der Waals surface area contributed by atoms with E-state index >= 15 is 0 Å². The van der Waals surface area contributed by atoms with E-state index in [1.165, 1.54) is 42.5 Å². The van der Waals surface area contributed by atoms with E-state index in [2.05, 4.69) is 0 Å². The van der Waals surface area contributed by atoms with E-state index < -0.39 is 26.7 Å². The van der Waals surface area contributed by atoms with Gasteiger partial charge in [0.05, 0.1) is 21.0 Å². The Morgan fingerprint density at radius 1 is 1.00 bits per heavy atom. The van der Waals surface area contributed by atoms with Crippen LogP contribution >= 0.6 is 46.4 Å². The molecule has 1 atom stereocenters. The fourth-order valence-corrected chi connectivity index (χ4v) is 5.61. The molecular formula is C22H11Cl4FN2O4S. The Morgan fingerprint density at radius 3 is 2.38 bits per heavy atom. The molecule has 0 amide bonds. The highest BCUT2D eigenvalue weighted by molar-refractivity contribution is 7.87. The van der Waals surface area contributed by atoms with Crippen molar-refractivity contribution in [2.75, 3.05) is 0 Å². The molecule has 0 bridgehead atoms. The summed E-state index contributed by atoms with van der Waals surface area (Å²) >= 11 is 24.0. The Hall–Kier alpha value is -2.67. The normalized spacial score (nSPS) is 15.4. The monoisotopic (exact) mass is 558 g/mol. The van der Waals surface area contributed by atoms with Crippen molar-refractivity contribution in [2.45, 2.75) is 10.8 Å². The van der Waals surface area contributed by atoms with Gasteiger partial charge in [-0.25, -0.2) is 4.39 Å². The van der Waals surface area contributed by atoms with Gasteiger partial charge in [-0.15, -0.1) is 0 Å². The number of nitrogens with zero attached hydrogens (tertiary/aromatic N) is 1. The van der Waals surface area contributed by atoms with E-state index in [1.807, 2.05) is 6.07 Å². The fraction of sp³-hybridized carbons (Fsp3) is 0.0455. The quantitative estimate of drug-likeness (QED) is 0.292. The molecule has 0 spiro atoms. The summed E-state index contributed by atoms with van der Waals surface area (Å²) in [5.74, 6) is -2.03. The van der Waals surface area contributed by atoms with Crippen LogP contribution in [0, 0.1) is 17.1 Å². The smallest absolute Gasteiger partial charge is 0.340 e. The highest BCUT2D eigenvalue weighted by Crippen LogP contribution is 2.46. The Balaban J connectivity index is 1.79. The van der Waals surface area contributed by atoms with Gasteiger partial charge in [0, 0.05) is 22.2 Å². The molecule has 3 aromatic carbocycles. The van der Waals surface area contributed by atoms with Crippen molar-refractivity contribution in [1.29, 1.82) is 5.26 Å². The molecule has 0 aliphatic carbocycles. The van der Waals surface area contributed by atoms with Crippen LogP contribution < -0.4 is 14.7 Å². The first-order chi connectivity index (χ1) is 16.0. The van der Waals surface area contributed by atoms with E-state index in [-0.39, 0.29) is 48.6 Å². The first-order valence-electron chi connectivity index (χ1n) is 9.28. The van der Waals surface area contributed by atoms with E-state index in [4.69, 9.17) is 61.1 Å². The summed E-state index contributed by atoms with van der Waals surface area (Å²) in [6, 6.07) is 12.2. The standard InChI is InChI=1S/C22H11Cl4FN2O4S/c23-13-2-1-3-17(27)21(13)20-11-5-4-10(6-18(11)32-22(29)12(20)9-28)33-34(30,31)19-8-15(25)14(24)7-16(19)26/h1-8,20H,29H2. The molecule has 0 fully saturated rings. The molecule has 174 valence electrons. The van der Waals surface area contributed by atoms with Gasteiger partial charge in [0.2, 0.25) is 5.88 Å². The van der Waals surface area contributed by atoms with Crippen LogP contribution in [-0.2, 0) is 10.1 Å². The second-order valence-electron chi connectivity index (χ2n) is 6.99. The first-order valence-corrected chi connectivity index (χ1v) is 12.2. The molecule has 0 radical (unpaired) electrons. The molecule has 3 aromatic rings. The lowest BCUT2D eigenvalue weighted by Gasteiger charge is -2.27. The van der Waals surface area contributed by atoms with E-state index in [1.54, 1.807) is 0 Å². The van der Waals surface area contributed by atoms with E-state index in [0.29, 0.717) is 5.56 Å². The largest absolute Gasteiger partial charge is 0.440 e. The topological polar surface area (TPSA) is 102 Å². The minimum atomic E-state index is -4.43. The Kier molecular flexibility index (Phi) is 6.60. The van der Waals surface area contributed by atoms with Crippen molar-refractivity contribution in [3.63, 3.8) is 0 Å². The molecule has 0 saturated heterocycles. The van der Waals surface area contributed by atoms with Gasteiger partial charge >= 0.3 is 10.1 Å². The molecule has 2 N–H and O–H groups in total. The molecule has 1 unspecified atom stereocenters. The van der Waals surface area contributed by atoms with Gasteiger partial charge < -0.3 is 14.7 Å². The molecule has 12 heteroatoms. The zero-order valence-electron chi connectivity index (χ0n) is 16.7. The number of nitriles is 1. The lowest BCUT2D eigenvalue weighted by Crippen LogP contribution is -2.22. The van der Waals surface area contributed by atoms with Gasteiger partial charge in [0.25, 0.3) is 0 Å². The van der Waals surface area contributed by atoms with Crippen molar-refractivity contribution in [3.8, 4) is 17.6 Å². The van der Waals surface area contributed by atoms with E-state index in [9.17, 15) is 18.1 Å². The molecule has 0 saturated carbocycles. The summed E-state index contributed by atoms with van der Waals surface area (Å²) in [7, 11) is -4.43. The predicted molar refractivity (Wildman–Crippen MR) is 126 cm³/mol. The summed E-state index contributed by atoms with van der Waals surface area (Å²) < 4.78 is 51.0. The zero-order chi connectivity index (χ0) is 24.8. The Labute approximate surface area is 213 Å². The Bertz CT molecular complexity index is 1500. The summed E-state index contributed by atoms with van der Waals surface area (Å²) in [4.78, 5) is -0.399. The van der Waals surface area contributed by atoms with Gasteiger partial charge in [0.15, 0.2) is 0 Å². The molecule has 4 rings (SSSR count). The number of allylic oxidation sites excluding steroid dienone is 1. The van der Waals surface area contributed by atoms with Crippen molar-refractivity contribution < 1.29 is 21.7 Å². The third-order valence-corrected chi connectivity index (χ3v) is 7.69. The lowest BCUT2D eigenvalue weighted by molar-refractivity contribution is 0.390. The van der Waals surface area contributed by atoms with Gasteiger partial charge in [-0.1, -0.05) is 58.5 Å². The van der Waals surface area contributed by atoms with Crippen LogP contribution in [0.25, 0.3) is 0 Å². The fourth-order valence-electron chi connectivity index (χ4n) is 3.44. The number of fused-ring (bicyclic) bond motifs is 1. The minimum absolute atomic E-state index is 0.0251. The summed E-state index contributed by atoms with van der Waals surface area (Å²) in [6.07, 6.45) is 0. The van der Waals surface area contributed by atoms with Crippen LogP contribution in [0.1, 0.15) is 17.0 Å². The zero-order valence-corrected chi connectivity index (χ0v) is 20.5. The maximum absolute atomic E-state index is 14.7. The van der Waals surface area contributed by atoms with Crippen molar-refractivity contribution >= 4 is 56.5 Å². The van der Waals surface area contributed by atoms with Crippen LogP contribution in [0.3, 0.4) is 0 Å². The van der Waals surface area contributed by atoms with Gasteiger partial charge in [-0.2, -0.15) is 13.7 Å². The SMILES string of the molecule is N#CC1=C(N)Oc2cc(OS(=O)(=O)c3cc(Cl)c(Cl)cc3Cl)ccc2C1c1c(F)cccc1Cl. The summed E-state index contributed by atoms with van der Waals surface area (Å²) in [5, 5.41) is 9.56. The third-order valence-electron chi connectivity index (χ3n) is 4.93. The summed E-state index contributed by atoms with van der Waals surface area (Å²) in [6.45, 7) is 0. The molecule has 0 aromatic heterocycles. The van der Waals surface area contributed by atoms with E-state index in [0.717, 1.165) is 6.07 Å². The molecule has 1 heterocycles. The average molecular weight is 560 g/mol. The highest BCUT2D eigenvalue weighted by atomic mass is 35.5. The molecule has 1 aliphatic rings. The average Bonchev–Trinajstić information content (AvgIpc) is 2.75. The lowest BCUT2D eigenvalue weighted by atomic mass is 9.83. The van der Waals surface area contributed by atoms with Crippen LogP contribution in [0.2, 0.25) is 20.1 Å². The number of halogens is 5. The molecular weight excluding hydrogens is 549 g/mol. The second-order valence-corrected chi connectivity index (χ2v) is 10.1. The molecule has 1 aliphatic heterocycles. The number of hydrogen-bond donors (Lipinski definition) is 1. The predicted octanol–water partition coefficient (Wildman–Crippen LogP) is 6.43. The number of benzene rings is 3. The van der Waals surface area contributed by atoms with Crippen molar-refractivity contribution in [3.05, 3.63) is 97.0 Å². The number of nitrogens with two attached hydrogens (primary N) is 1. The third kappa shape index (κ3) is 4.38. The van der Waals surface area contributed by atoms with Crippen molar-refractivity contribution in [1.82, 2.24) is 0 Å². The number of hydrogen-bond acceptors (Lipinski definition) is 6. The molecule has 34 heavy (non-hydrogen) atoms. The molecule has 6 nitrogen and oxygen atoms in total. The summed E-state index contributed by atoms with van der Waals surface area (Å²) in [5.41, 5.74) is 6.22. The van der Waals surface area contributed by atoms with Crippen LogP contribution in [-0.4, -0.2) is 8.42 Å². The first kappa shape index (κ1) is 24.5. The number of rotatable bonds is 4. The van der Waals surface area contributed by atoms with Crippen LogP contribution in [0.15, 0.2) is 64.9 Å². The maximum Gasteiger partial charge on any atom is 0.340 e. The van der Waals surface area contributed by atoms with Crippen LogP contribution in [0.5, 0.6) is 11.5 Å².